The molecule has 1 amide bonds. The molecule has 1 saturated heterocycles. The highest BCUT2D eigenvalue weighted by Crippen LogP contribution is 2.37. The van der Waals surface area contributed by atoms with Crippen molar-refractivity contribution >= 4 is 50.3 Å². The van der Waals surface area contributed by atoms with Gasteiger partial charge in [0.1, 0.15) is 16.9 Å². The summed E-state index contributed by atoms with van der Waals surface area (Å²) in [6.45, 7) is 6.93. The second-order valence-corrected chi connectivity index (χ2v) is 11.5. The summed E-state index contributed by atoms with van der Waals surface area (Å²) < 4.78 is 26.9. The molecule has 194 valence electrons. The van der Waals surface area contributed by atoms with Crippen molar-refractivity contribution in [3.8, 4) is 12.1 Å². The number of nitriles is 1. The molecule has 0 N–H and O–H groups in total. The van der Waals surface area contributed by atoms with Crippen LogP contribution in [0, 0.1) is 23.1 Å². The van der Waals surface area contributed by atoms with Crippen LogP contribution in [0.3, 0.4) is 0 Å². The van der Waals surface area contributed by atoms with Crippen molar-refractivity contribution < 1.29 is 18.7 Å². The van der Waals surface area contributed by atoms with Gasteiger partial charge < -0.3 is 19.3 Å². The second kappa shape index (κ2) is 10.9. The van der Waals surface area contributed by atoms with E-state index in [4.69, 9.17) is 21.1 Å². The summed E-state index contributed by atoms with van der Waals surface area (Å²) in [5.74, 6) is 0.307. The number of rotatable bonds is 5. The van der Waals surface area contributed by atoms with E-state index in [-0.39, 0.29) is 27.4 Å². The van der Waals surface area contributed by atoms with Crippen LogP contribution >= 0.6 is 27.5 Å². The molecule has 1 aliphatic heterocycles. The van der Waals surface area contributed by atoms with Gasteiger partial charge in [0.05, 0.1) is 34.6 Å². The topological polar surface area (TPSA) is 91.6 Å². The molecule has 2 heterocycles. The fourth-order valence-electron chi connectivity index (χ4n) is 4.70. The number of aromatic nitrogens is 2. The Morgan fingerprint density at radius 2 is 2.03 bits per heavy atom. The normalized spacial score (nSPS) is 19.0. The van der Waals surface area contributed by atoms with E-state index >= 15 is 4.39 Å². The van der Waals surface area contributed by atoms with E-state index in [0.717, 1.165) is 12.8 Å². The Hall–Kier alpha value is -2.38. The van der Waals surface area contributed by atoms with Crippen molar-refractivity contribution in [3.63, 3.8) is 0 Å². The van der Waals surface area contributed by atoms with Gasteiger partial charge in [-0.15, -0.1) is 0 Å². The molecular weight excluding hydrogens is 553 g/mol. The average molecular weight is 583 g/mol. The number of hydrogen-bond acceptors (Lipinski definition) is 7. The zero-order valence-electron chi connectivity index (χ0n) is 20.7. The van der Waals surface area contributed by atoms with Crippen LogP contribution in [0.5, 0.6) is 6.01 Å². The lowest BCUT2D eigenvalue weighted by atomic mass is 10.1. The van der Waals surface area contributed by atoms with Crippen molar-refractivity contribution in [3.05, 3.63) is 21.4 Å². The highest BCUT2D eigenvalue weighted by atomic mass is 79.9. The Kier molecular flexibility index (Phi) is 8.10. The first-order chi connectivity index (χ1) is 17.1. The molecule has 0 unspecified atom stereocenters. The molecule has 0 bridgehead atoms. The molecule has 1 saturated carbocycles. The van der Waals surface area contributed by atoms with Crippen LogP contribution in [0.25, 0.3) is 10.9 Å². The number of benzene rings is 1. The Morgan fingerprint density at radius 3 is 2.69 bits per heavy atom. The molecule has 1 aromatic heterocycles. The molecule has 1 atom stereocenters. The third-order valence-corrected chi connectivity index (χ3v) is 7.75. The third-order valence-electron chi connectivity index (χ3n) is 6.45. The van der Waals surface area contributed by atoms with Crippen LogP contribution in [-0.2, 0) is 4.74 Å². The van der Waals surface area contributed by atoms with Crippen molar-refractivity contribution in [1.29, 1.82) is 5.26 Å². The quantitative estimate of drug-likeness (QED) is 0.394. The van der Waals surface area contributed by atoms with Crippen molar-refractivity contribution in [2.24, 2.45) is 5.92 Å². The molecule has 2 fully saturated rings. The molecule has 1 aromatic carbocycles. The monoisotopic (exact) mass is 581 g/mol. The number of hydrogen-bond donors (Lipinski definition) is 0. The summed E-state index contributed by atoms with van der Waals surface area (Å²) in [6, 6.07) is 3.46. The van der Waals surface area contributed by atoms with E-state index in [2.05, 4.69) is 32.0 Å². The number of halogens is 3. The lowest BCUT2D eigenvalue weighted by molar-refractivity contribution is 0.0145. The van der Waals surface area contributed by atoms with Crippen molar-refractivity contribution in [2.45, 2.75) is 64.5 Å². The average Bonchev–Trinajstić information content (AvgIpc) is 3.34. The summed E-state index contributed by atoms with van der Waals surface area (Å²) in [6.07, 6.45) is 4.20. The van der Waals surface area contributed by atoms with Crippen molar-refractivity contribution in [2.75, 3.05) is 31.1 Å². The maximum atomic E-state index is 15.2. The Bertz CT molecular complexity index is 1180. The minimum Gasteiger partial charge on any atom is -0.463 e. The van der Waals surface area contributed by atoms with Gasteiger partial charge in [0, 0.05) is 25.0 Å². The van der Waals surface area contributed by atoms with E-state index in [9.17, 15) is 10.1 Å². The number of ether oxygens (including phenoxy) is 2. The van der Waals surface area contributed by atoms with Gasteiger partial charge in [-0.3, -0.25) is 0 Å². The molecule has 4 rings (SSSR count). The molecule has 0 spiro atoms. The maximum Gasteiger partial charge on any atom is 0.410 e. The number of nitrogens with zero attached hydrogens (tertiary/aromatic N) is 5. The molecule has 8 nitrogen and oxygen atoms in total. The van der Waals surface area contributed by atoms with E-state index in [1.54, 1.807) is 31.7 Å². The number of amides is 1. The Morgan fingerprint density at radius 1 is 1.31 bits per heavy atom. The zero-order chi connectivity index (χ0) is 26.0. The molecule has 0 radical (unpaired) electrons. The highest BCUT2D eigenvalue weighted by molar-refractivity contribution is 9.10. The smallest absolute Gasteiger partial charge is 0.410 e. The number of anilines is 1. The second-order valence-electron chi connectivity index (χ2n) is 10.3. The van der Waals surface area contributed by atoms with Crippen LogP contribution in [0.1, 0.15) is 52.9 Å². The van der Waals surface area contributed by atoms with Crippen molar-refractivity contribution in [1.82, 2.24) is 14.9 Å². The Balaban J connectivity index is 1.67. The predicted molar refractivity (Wildman–Crippen MR) is 139 cm³/mol. The Labute approximate surface area is 223 Å². The lowest BCUT2D eigenvalue weighted by Crippen LogP contribution is -2.56. The fraction of sp³-hybridized carbons (Fsp3) is 0.600. The molecule has 36 heavy (non-hydrogen) atoms. The molecule has 11 heteroatoms. The van der Waals surface area contributed by atoms with E-state index in [1.165, 1.54) is 12.8 Å². The SMILES string of the molecule is CC(C)(C)OC(=O)N1CCN(c2nc(OCC3CCCC3)nc3c(F)c(Br)c(Cl)cc23)C[C@@H]1CC#N. The first-order valence-electron chi connectivity index (χ1n) is 12.2. The van der Waals surface area contributed by atoms with Crippen LogP contribution in [-0.4, -0.2) is 58.8 Å². The van der Waals surface area contributed by atoms with Gasteiger partial charge in [-0.1, -0.05) is 24.4 Å². The molecular formula is C25H30BrClFN5O3. The number of carbonyl (C=O) groups excluding carboxylic acids is 1. The van der Waals surface area contributed by atoms with Gasteiger partial charge in [0.15, 0.2) is 5.82 Å². The number of carbonyl (C=O) groups is 1. The molecule has 2 aliphatic rings. The van der Waals surface area contributed by atoms with Gasteiger partial charge in [0.25, 0.3) is 0 Å². The van der Waals surface area contributed by atoms with Gasteiger partial charge in [-0.25, -0.2) is 9.18 Å². The van der Waals surface area contributed by atoms with Crippen LogP contribution in [0.2, 0.25) is 5.02 Å². The predicted octanol–water partition coefficient (Wildman–Crippen LogP) is 6.09. The van der Waals surface area contributed by atoms with Gasteiger partial charge in [-0.2, -0.15) is 15.2 Å². The molecule has 1 aliphatic carbocycles. The van der Waals surface area contributed by atoms with Gasteiger partial charge in [0.2, 0.25) is 0 Å². The van der Waals surface area contributed by atoms with Gasteiger partial charge >= 0.3 is 12.1 Å². The van der Waals surface area contributed by atoms with Crippen LogP contribution in [0.4, 0.5) is 15.0 Å². The highest BCUT2D eigenvalue weighted by Gasteiger charge is 2.35. The van der Waals surface area contributed by atoms with E-state index < -0.39 is 23.6 Å². The number of piperazine rings is 1. The fourth-order valence-corrected chi connectivity index (χ4v) is 5.19. The first-order valence-corrected chi connectivity index (χ1v) is 13.3. The summed E-state index contributed by atoms with van der Waals surface area (Å²) in [5.41, 5.74) is -0.550. The standard InChI is InChI=1S/C25H30BrClFN5O3/c1-25(2,3)36-24(34)33-11-10-32(13-16(33)8-9-29)22-17-12-18(27)19(26)20(28)21(17)30-23(31-22)35-14-15-6-4-5-7-15/h12,15-16H,4-8,10-11,13-14H2,1-3H3/t16-/m0/s1. The summed E-state index contributed by atoms with van der Waals surface area (Å²) in [4.78, 5) is 25.3. The first kappa shape index (κ1) is 26.7. The minimum absolute atomic E-state index is 0.101. The van der Waals surface area contributed by atoms with Crippen LogP contribution < -0.4 is 9.64 Å². The third kappa shape index (κ3) is 5.94. The van der Waals surface area contributed by atoms with E-state index in [1.807, 2.05) is 4.90 Å². The summed E-state index contributed by atoms with van der Waals surface area (Å²) in [5, 5.41) is 10.1. The molecule has 2 aromatic rings. The zero-order valence-corrected chi connectivity index (χ0v) is 23.0. The lowest BCUT2D eigenvalue weighted by Gasteiger charge is -2.41. The largest absolute Gasteiger partial charge is 0.463 e. The minimum atomic E-state index is -0.651. The summed E-state index contributed by atoms with van der Waals surface area (Å²) >= 11 is 9.49. The van der Waals surface area contributed by atoms with E-state index in [0.29, 0.717) is 43.4 Å². The van der Waals surface area contributed by atoms with Gasteiger partial charge in [-0.05, 0) is 61.5 Å². The number of fused-ring (bicyclic) bond motifs is 1. The maximum absolute atomic E-state index is 15.2. The summed E-state index contributed by atoms with van der Waals surface area (Å²) in [7, 11) is 0. The van der Waals surface area contributed by atoms with Crippen LogP contribution in [0.15, 0.2) is 10.5 Å².